The fraction of sp³-hybridized carbons (Fsp3) is 0.278. The van der Waals surface area contributed by atoms with Gasteiger partial charge in [0.15, 0.2) is 0 Å². The number of nitrogens with zero attached hydrogens (tertiary/aromatic N) is 2. The molecule has 0 atom stereocenters. The van der Waals surface area contributed by atoms with E-state index in [2.05, 4.69) is 15.6 Å². The van der Waals surface area contributed by atoms with Crippen LogP contribution in [0.25, 0.3) is 11.1 Å². The number of benzene rings is 1. The van der Waals surface area contributed by atoms with Crippen LogP contribution in [-0.4, -0.2) is 54.1 Å². The maximum Gasteiger partial charge on any atom is 0.315 e. The molecule has 0 saturated carbocycles. The summed E-state index contributed by atoms with van der Waals surface area (Å²) >= 11 is 0. The van der Waals surface area contributed by atoms with Crippen LogP contribution >= 0.6 is 0 Å². The van der Waals surface area contributed by atoms with Gasteiger partial charge in [0.25, 0.3) is 5.91 Å². The highest BCUT2D eigenvalue weighted by molar-refractivity contribution is 5.96. The largest absolute Gasteiger partial charge is 0.494 e. The van der Waals surface area contributed by atoms with Crippen molar-refractivity contribution in [3.8, 4) is 16.9 Å². The van der Waals surface area contributed by atoms with Crippen molar-refractivity contribution in [3.63, 3.8) is 0 Å². The number of nitrogens with one attached hydrogen (secondary N) is 2. The molecule has 3 amide bonds. The summed E-state index contributed by atoms with van der Waals surface area (Å²) in [5.74, 6) is 0.663. The van der Waals surface area contributed by atoms with Gasteiger partial charge in [-0.2, -0.15) is 0 Å². The first-order valence-electron chi connectivity index (χ1n) is 8.04. The summed E-state index contributed by atoms with van der Waals surface area (Å²) in [5, 5.41) is 5.63. The van der Waals surface area contributed by atoms with Crippen molar-refractivity contribution in [2.75, 3.05) is 26.7 Å². The van der Waals surface area contributed by atoms with E-state index in [0.29, 0.717) is 30.9 Å². The Morgan fingerprint density at radius 3 is 2.64 bits per heavy atom. The minimum Gasteiger partial charge on any atom is -0.494 e. The number of hydrogen-bond donors (Lipinski definition) is 2. The first kappa shape index (κ1) is 15.4. The summed E-state index contributed by atoms with van der Waals surface area (Å²) in [6, 6.07) is 9.15. The third-order valence-electron chi connectivity index (χ3n) is 4.69. The molecule has 4 rings (SSSR count). The van der Waals surface area contributed by atoms with Crippen LogP contribution < -0.4 is 15.4 Å². The highest BCUT2D eigenvalue weighted by Gasteiger charge is 2.49. The van der Waals surface area contributed by atoms with Gasteiger partial charge >= 0.3 is 6.03 Å². The van der Waals surface area contributed by atoms with Crippen LogP contribution in [0.1, 0.15) is 10.4 Å². The van der Waals surface area contributed by atoms with E-state index in [4.69, 9.17) is 4.74 Å². The van der Waals surface area contributed by atoms with Crippen molar-refractivity contribution in [1.29, 1.82) is 0 Å². The average molecular weight is 338 g/mol. The summed E-state index contributed by atoms with van der Waals surface area (Å²) in [7, 11) is 1.61. The zero-order chi connectivity index (χ0) is 17.4. The normalized spacial score (nSPS) is 17.6. The lowest BCUT2D eigenvalue weighted by atomic mass is 9.90. The average Bonchev–Trinajstić information content (AvgIpc) is 3.02. The first-order chi connectivity index (χ1) is 12.1. The van der Waals surface area contributed by atoms with E-state index in [9.17, 15) is 9.59 Å². The third kappa shape index (κ3) is 2.67. The smallest absolute Gasteiger partial charge is 0.315 e. The predicted octanol–water partition coefficient (Wildman–Crippen LogP) is 1.26. The number of likely N-dealkylation sites (tertiary alicyclic amines) is 1. The first-order valence-corrected chi connectivity index (χ1v) is 8.04. The highest BCUT2D eigenvalue weighted by atomic mass is 16.5. The molecule has 0 radical (unpaired) electrons. The number of ether oxygens (including phenoxy) is 1. The summed E-state index contributed by atoms with van der Waals surface area (Å²) < 4.78 is 5.33. The van der Waals surface area contributed by atoms with Crippen molar-refractivity contribution in [1.82, 2.24) is 20.5 Å². The number of rotatable bonds is 3. The van der Waals surface area contributed by atoms with Gasteiger partial charge in [0.1, 0.15) is 5.75 Å². The lowest BCUT2D eigenvalue weighted by molar-refractivity contribution is 0.0397. The minimum atomic E-state index is -0.295. The Morgan fingerprint density at radius 1 is 1.24 bits per heavy atom. The standard InChI is InChI=1S/C18H18N4O3/c1-25-15-8-19-7-6-14(15)12-2-4-13(5-3-12)16(23)22-10-18(11-22)9-20-17(24)21-18/h2-8H,9-11H2,1H3,(H2,20,21,24). The number of amides is 3. The second-order valence-electron chi connectivity index (χ2n) is 6.40. The second-order valence-corrected chi connectivity index (χ2v) is 6.40. The number of urea groups is 1. The monoisotopic (exact) mass is 338 g/mol. The van der Waals surface area contributed by atoms with E-state index in [1.165, 1.54) is 0 Å². The summed E-state index contributed by atoms with van der Waals surface area (Å²) in [5.41, 5.74) is 2.23. The van der Waals surface area contributed by atoms with Crippen LogP contribution in [0.3, 0.4) is 0 Å². The van der Waals surface area contributed by atoms with Gasteiger partial charge in [-0.1, -0.05) is 12.1 Å². The summed E-state index contributed by atoms with van der Waals surface area (Å²) in [6.45, 7) is 1.63. The molecule has 7 heteroatoms. The maximum absolute atomic E-state index is 12.6. The van der Waals surface area contributed by atoms with E-state index >= 15 is 0 Å². The van der Waals surface area contributed by atoms with E-state index in [1.807, 2.05) is 30.3 Å². The van der Waals surface area contributed by atoms with Crippen molar-refractivity contribution in [2.24, 2.45) is 0 Å². The van der Waals surface area contributed by atoms with Gasteiger partial charge in [0.05, 0.1) is 18.8 Å². The van der Waals surface area contributed by atoms with E-state index in [-0.39, 0.29) is 17.5 Å². The van der Waals surface area contributed by atoms with Crippen LogP contribution in [0.5, 0.6) is 5.75 Å². The zero-order valence-electron chi connectivity index (χ0n) is 13.8. The second kappa shape index (κ2) is 5.77. The van der Waals surface area contributed by atoms with Crippen molar-refractivity contribution >= 4 is 11.9 Å². The molecule has 0 unspecified atom stereocenters. The molecule has 2 aliphatic heterocycles. The van der Waals surface area contributed by atoms with Gasteiger partial charge in [-0.15, -0.1) is 0 Å². The fourth-order valence-corrected chi connectivity index (χ4v) is 3.35. The lowest BCUT2D eigenvalue weighted by Gasteiger charge is -2.46. The molecule has 2 saturated heterocycles. The van der Waals surface area contributed by atoms with Gasteiger partial charge in [-0.25, -0.2) is 4.79 Å². The maximum atomic E-state index is 12.6. The van der Waals surface area contributed by atoms with E-state index in [1.54, 1.807) is 24.4 Å². The topological polar surface area (TPSA) is 83.6 Å². The van der Waals surface area contributed by atoms with Gasteiger partial charge in [-0.05, 0) is 23.8 Å². The van der Waals surface area contributed by atoms with Crippen LogP contribution in [0.4, 0.5) is 4.79 Å². The van der Waals surface area contributed by atoms with Gasteiger partial charge in [0, 0.05) is 37.0 Å². The van der Waals surface area contributed by atoms with E-state index in [0.717, 1.165) is 11.1 Å². The number of hydrogen-bond acceptors (Lipinski definition) is 4. The minimum absolute atomic E-state index is 0.0278. The van der Waals surface area contributed by atoms with E-state index < -0.39 is 0 Å². The Hall–Kier alpha value is -3.09. The Bertz CT molecular complexity index is 828. The molecule has 2 N–H and O–H groups in total. The van der Waals surface area contributed by atoms with Gasteiger partial charge in [-0.3, -0.25) is 9.78 Å². The zero-order valence-corrected chi connectivity index (χ0v) is 13.8. The molecule has 0 bridgehead atoms. The number of pyridine rings is 1. The molecule has 2 fully saturated rings. The molecule has 7 nitrogen and oxygen atoms in total. The number of carbonyl (C=O) groups excluding carboxylic acids is 2. The molecule has 128 valence electrons. The van der Waals surface area contributed by atoms with Crippen molar-refractivity contribution < 1.29 is 14.3 Å². The molecular weight excluding hydrogens is 320 g/mol. The Kier molecular flexibility index (Phi) is 3.56. The predicted molar refractivity (Wildman–Crippen MR) is 91.4 cm³/mol. The lowest BCUT2D eigenvalue weighted by Crippen LogP contribution is -2.70. The fourth-order valence-electron chi connectivity index (χ4n) is 3.35. The van der Waals surface area contributed by atoms with Gasteiger partial charge in [0.2, 0.25) is 0 Å². The molecule has 1 aromatic carbocycles. The van der Waals surface area contributed by atoms with Gasteiger partial charge < -0.3 is 20.3 Å². The van der Waals surface area contributed by atoms with Crippen molar-refractivity contribution in [3.05, 3.63) is 48.3 Å². The summed E-state index contributed by atoms with van der Waals surface area (Å²) in [4.78, 5) is 29.7. The molecule has 25 heavy (non-hydrogen) atoms. The Balaban J connectivity index is 1.47. The van der Waals surface area contributed by atoms with Crippen LogP contribution in [-0.2, 0) is 0 Å². The van der Waals surface area contributed by atoms with Crippen LogP contribution in [0, 0.1) is 0 Å². The summed E-state index contributed by atoms with van der Waals surface area (Å²) in [6.07, 6.45) is 3.37. The Morgan fingerprint density at radius 2 is 2.00 bits per heavy atom. The molecule has 2 aromatic rings. The molecule has 1 aromatic heterocycles. The van der Waals surface area contributed by atoms with Crippen molar-refractivity contribution in [2.45, 2.75) is 5.54 Å². The SMILES string of the molecule is COc1cnccc1-c1ccc(C(=O)N2CC3(CNC(=O)N3)C2)cc1. The molecule has 3 heterocycles. The highest BCUT2D eigenvalue weighted by Crippen LogP contribution is 2.30. The number of methoxy groups -OCH3 is 1. The number of carbonyl (C=O) groups is 2. The quantitative estimate of drug-likeness (QED) is 0.883. The third-order valence-corrected chi connectivity index (χ3v) is 4.69. The number of aromatic nitrogens is 1. The van der Waals surface area contributed by atoms with Crippen LogP contribution in [0.15, 0.2) is 42.7 Å². The Labute approximate surface area is 145 Å². The molecule has 2 aliphatic rings. The molecular formula is C18H18N4O3. The van der Waals surface area contributed by atoms with Crippen LogP contribution in [0.2, 0.25) is 0 Å². The molecule has 1 spiro atoms. The molecule has 0 aliphatic carbocycles.